The Hall–Kier alpha value is -1.44. The molecule has 7 nitrogen and oxygen atoms in total. The summed E-state index contributed by atoms with van der Waals surface area (Å²) in [4.78, 5) is 26.6. The Morgan fingerprint density at radius 2 is 1.54 bits per heavy atom. The van der Waals surface area contributed by atoms with Crippen LogP contribution in [0.15, 0.2) is 11.6 Å². The highest BCUT2D eigenvalue weighted by atomic mass is 16.5. The van der Waals surface area contributed by atoms with Gasteiger partial charge >= 0.3 is 11.9 Å². The molecule has 3 N–H and O–H groups in total. The number of carbonyl (C=O) groups excluding carboxylic acids is 2. The summed E-state index contributed by atoms with van der Waals surface area (Å²) in [5.74, 6) is -0.630. The van der Waals surface area contributed by atoms with Crippen LogP contribution in [-0.4, -0.2) is 60.3 Å². The summed E-state index contributed by atoms with van der Waals surface area (Å²) in [6, 6.07) is 0. The lowest BCUT2D eigenvalue weighted by atomic mass is 9.33. The van der Waals surface area contributed by atoms with E-state index in [1.807, 2.05) is 0 Å². The first-order valence-corrected chi connectivity index (χ1v) is 15.0. The zero-order valence-corrected chi connectivity index (χ0v) is 25.0. The molecule has 39 heavy (non-hydrogen) atoms. The van der Waals surface area contributed by atoms with Crippen LogP contribution in [0.3, 0.4) is 0 Å². The number of ether oxygens (including phenoxy) is 2. The lowest BCUT2D eigenvalue weighted by Gasteiger charge is -2.71. The molecule has 0 unspecified atom stereocenters. The quantitative estimate of drug-likeness (QED) is 0.355. The smallest absolute Gasteiger partial charge is 0.314 e. The summed E-state index contributed by atoms with van der Waals surface area (Å²) >= 11 is 0. The van der Waals surface area contributed by atoms with E-state index in [1.54, 1.807) is 6.92 Å². The number of methoxy groups -OCH3 is 2. The maximum atomic E-state index is 13.4. The standard InChI is InChI=1S/C32H50O7/c1-27(2)12-13-31(26(37)39-7)14-15-32(18-33)19(20(31)16-27)8-9-22-28(3)17-21(34)24(35)30(5,25(36)38-6)23(28)10-11-29(22,32)4/h8,20-24,33-35H,9-18H2,1-7H3/t20-,21-,22+,23+,24-,28+,29+,30-,31-,32-/m0/s1. The molecule has 5 aliphatic carbocycles. The topological polar surface area (TPSA) is 113 Å². The van der Waals surface area contributed by atoms with Gasteiger partial charge in [-0.05, 0) is 98.7 Å². The van der Waals surface area contributed by atoms with Crippen molar-refractivity contribution in [2.45, 2.75) is 105 Å². The predicted molar refractivity (Wildman–Crippen MR) is 146 cm³/mol. The number of esters is 2. The highest BCUT2D eigenvalue weighted by Gasteiger charge is 2.72. The fourth-order valence-corrected chi connectivity index (χ4v) is 11.2. The van der Waals surface area contributed by atoms with E-state index in [9.17, 15) is 24.9 Å². The van der Waals surface area contributed by atoms with Gasteiger partial charge in [0.05, 0.1) is 43.9 Å². The molecule has 0 amide bonds. The van der Waals surface area contributed by atoms with Crippen molar-refractivity contribution in [1.82, 2.24) is 0 Å². The maximum absolute atomic E-state index is 13.4. The van der Waals surface area contributed by atoms with Crippen molar-refractivity contribution in [2.75, 3.05) is 20.8 Å². The zero-order valence-electron chi connectivity index (χ0n) is 25.0. The lowest BCUT2D eigenvalue weighted by Crippen LogP contribution is -2.69. The summed E-state index contributed by atoms with van der Waals surface area (Å²) in [6.45, 7) is 10.8. The first-order chi connectivity index (χ1) is 18.1. The number of hydrogen-bond donors (Lipinski definition) is 3. The van der Waals surface area contributed by atoms with Crippen LogP contribution in [0.25, 0.3) is 0 Å². The fourth-order valence-electron chi connectivity index (χ4n) is 11.2. The average Bonchev–Trinajstić information content (AvgIpc) is 2.90. The first kappa shape index (κ1) is 29.1. The molecule has 5 aliphatic rings. The van der Waals surface area contributed by atoms with Gasteiger partial charge in [-0.3, -0.25) is 9.59 Å². The Bertz CT molecular complexity index is 1070. The van der Waals surface area contributed by atoms with Gasteiger partial charge in [-0.15, -0.1) is 0 Å². The number of carbonyl (C=O) groups is 2. The second-order valence-corrected chi connectivity index (χ2v) is 15.3. The number of hydrogen-bond acceptors (Lipinski definition) is 7. The van der Waals surface area contributed by atoms with Crippen molar-refractivity contribution in [3.05, 3.63) is 11.6 Å². The lowest BCUT2D eigenvalue weighted by molar-refractivity contribution is -0.245. The Morgan fingerprint density at radius 1 is 0.897 bits per heavy atom. The summed E-state index contributed by atoms with van der Waals surface area (Å²) in [6.07, 6.45) is 6.85. The Balaban J connectivity index is 1.64. The first-order valence-electron chi connectivity index (χ1n) is 15.0. The molecule has 0 spiro atoms. The number of aliphatic hydroxyl groups is 3. The summed E-state index contributed by atoms with van der Waals surface area (Å²) in [7, 11) is 2.85. The minimum atomic E-state index is -1.21. The summed E-state index contributed by atoms with van der Waals surface area (Å²) in [5.41, 5.74) is -1.65. The zero-order chi connectivity index (χ0) is 28.8. The van der Waals surface area contributed by atoms with E-state index in [0.717, 1.165) is 32.1 Å². The van der Waals surface area contributed by atoms with Crippen LogP contribution in [0.5, 0.6) is 0 Å². The molecular weight excluding hydrogens is 496 g/mol. The molecule has 4 fully saturated rings. The number of allylic oxidation sites excluding steroid dienone is 1. The third-order valence-corrected chi connectivity index (χ3v) is 13.4. The Kier molecular flexibility index (Phi) is 6.73. The normalized spacial score (nSPS) is 50.3. The van der Waals surface area contributed by atoms with Crippen molar-refractivity contribution < 1.29 is 34.4 Å². The minimum Gasteiger partial charge on any atom is -0.469 e. The van der Waals surface area contributed by atoms with Gasteiger partial charge < -0.3 is 24.8 Å². The molecule has 0 aromatic heterocycles. The van der Waals surface area contributed by atoms with E-state index in [2.05, 4.69) is 33.8 Å². The molecule has 0 aromatic carbocycles. The monoisotopic (exact) mass is 546 g/mol. The second kappa shape index (κ2) is 9.03. The van der Waals surface area contributed by atoms with Gasteiger partial charge in [0.1, 0.15) is 0 Å². The molecule has 7 heteroatoms. The van der Waals surface area contributed by atoms with E-state index in [4.69, 9.17) is 9.47 Å². The van der Waals surface area contributed by atoms with Gasteiger partial charge in [0.15, 0.2) is 0 Å². The maximum Gasteiger partial charge on any atom is 0.314 e. The SMILES string of the molecule is COC(=O)[C@]12CCC(C)(C)C[C@H]1C1=CC[C@@H]3[C@@]4(C)C[C@H](O)[C@H](O)[C@@](C)(C(=O)OC)[C@@H]4CC[C@@]3(C)[C@]1(CO)CC2. The van der Waals surface area contributed by atoms with E-state index >= 15 is 0 Å². The highest BCUT2D eigenvalue weighted by Crippen LogP contribution is 2.76. The molecular formula is C32H50O7. The van der Waals surface area contributed by atoms with Crippen LogP contribution in [0.2, 0.25) is 0 Å². The molecule has 0 aromatic rings. The van der Waals surface area contributed by atoms with E-state index in [-0.39, 0.29) is 41.2 Å². The van der Waals surface area contributed by atoms with Gasteiger partial charge in [0, 0.05) is 5.41 Å². The largest absolute Gasteiger partial charge is 0.469 e. The number of aliphatic hydroxyl groups excluding tert-OH is 3. The van der Waals surface area contributed by atoms with Crippen LogP contribution < -0.4 is 0 Å². The van der Waals surface area contributed by atoms with Crippen LogP contribution in [0.1, 0.15) is 92.4 Å². The van der Waals surface area contributed by atoms with Crippen LogP contribution in [0.4, 0.5) is 0 Å². The predicted octanol–water partition coefficient (Wildman–Crippen LogP) is 4.42. The molecule has 0 heterocycles. The summed E-state index contributed by atoms with van der Waals surface area (Å²) in [5, 5.41) is 33.6. The van der Waals surface area contributed by atoms with Gasteiger partial charge in [0.25, 0.3) is 0 Å². The molecule has 0 bridgehead atoms. The third-order valence-electron chi connectivity index (χ3n) is 13.4. The molecule has 0 saturated heterocycles. The Labute approximate surface area is 233 Å². The van der Waals surface area contributed by atoms with Crippen molar-refractivity contribution in [3.8, 4) is 0 Å². The number of fused-ring (bicyclic) bond motifs is 7. The second-order valence-electron chi connectivity index (χ2n) is 15.3. The minimum absolute atomic E-state index is 0.0141. The van der Waals surface area contributed by atoms with Gasteiger partial charge in [0.2, 0.25) is 0 Å². The van der Waals surface area contributed by atoms with Gasteiger partial charge in [-0.1, -0.05) is 39.3 Å². The molecule has 5 rings (SSSR count). The van der Waals surface area contributed by atoms with Gasteiger partial charge in [-0.2, -0.15) is 0 Å². The van der Waals surface area contributed by atoms with E-state index < -0.39 is 39.8 Å². The molecule has 4 saturated carbocycles. The van der Waals surface area contributed by atoms with E-state index in [0.29, 0.717) is 25.7 Å². The molecule has 220 valence electrons. The van der Waals surface area contributed by atoms with Crippen LogP contribution in [-0.2, 0) is 19.1 Å². The van der Waals surface area contributed by atoms with Gasteiger partial charge in [-0.25, -0.2) is 0 Å². The number of rotatable bonds is 3. The molecule has 10 atom stereocenters. The fraction of sp³-hybridized carbons (Fsp3) is 0.875. The van der Waals surface area contributed by atoms with Crippen LogP contribution >= 0.6 is 0 Å². The molecule has 0 radical (unpaired) electrons. The van der Waals surface area contributed by atoms with Crippen LogP contribution in [0, 0.1) is 50.2 Å². The van der Waals surface area contributed by atoms with Crippen molar-refractivity contribution in [1.29, 1.82) is 0 Å². The highest BCUT2D eigenvalue weighted by molar-refractivity contribution is 5.79. The van der Waals surface area contributed by atoms with Crippen molar-refractivity contribution in [2.24, 2.45) is 50.2 Å². The van der Waals surface area contributed by atoms with E-state index in [1.165, 1.54) is 19.8 Å². The van der Waals surface area contributed by atoms with Crippen molar-refractivity contribution in [3.63, 3.8) is 0 Å². The molecule has 0 aliphatic heterocycles. The van der Waals surface area contributed by atoms with Crippen molar-refractivity contribution >= 4 is 11.9 Å². The summed E-state index contributed by atoms with van der Waals surface area (Å²) < 4.78 is 10.6. The third kappa shape index (κ3) is 3.51. The Morgan fingerprint density at radius 3 is 2.15 bits per heavy atom. The average molecular weight is 547 g/mol.